The predicted octanol–water partition coefficient (Wildman–Crippen LogP) is 17.8. The van der Waals surface area contributed by atoms with Gasteiger partial charge >= 0.3 is 39.5 Å². The lowest BCUT2D eigenvalue weighted by atomic mass is 9.99. The molecule has 498 valence electrons. The molecule has 0 radical (unpaired) electrons. The first kappa shape index (κ1) is 82.1. The molecular formula is C65H126O17P2. The van der Waals surface area contributed by atoms with Crippen molar-refractivity contribution in [2.45, 2.75) is 331 Å². The van der Waals surface area contributed by atoms with E-state index in [0.717, 1.165) is 115 Å². The van der Waals surface area contributed by atoms with Crippen molar-refractivity contribution in [2.24, 2.45) is 23.7 Å². The van der Waals surface area contributed by atoms with Crippen LogP contribution in [0.5, 0.6) is 0 Å². The average molecular weight is 1240 g/mol. The van der Waals surface area contributed by atoms with Gasteiger partial charge in [0, 0.05) is 25.7 Å². The average Bonchev–Trinajstić information content (AvgIpc) is 3.47. The van der Waals surface area contributed by atoms with Gasteiger partial charge in [0.25, 0.3) is 0 Å². The maximum Gasteiger partial charge on any atom is 0.472 e. The van der Waals surface area contributed by atoms with Gasteiger partial charge in [-0.2, -0.15) is 0 Å². The van der Waals surface area contributed by atoms with Crippen LogP contribution < -0.4 is 0 Å². The van der Waals surface area contributed by atoms with Gasteiger partial charge in [0.2, 0.25) is 0 Å². The molecule has 0 aromatic heterocycles. The minimum absolute atomic E-state index is 0.101. The molecule has 0 saturated heterocycles. The van der Waals surface area contributed by atoms with E-state index in [9.17, 15) is 43.2 Å². The summed E-state index contributed by atoms with van der Waals surface area (Å²) in [6.07, 6.45) is 34.9. The number of carbonyl (C=O) groups excluding carboxylic acids is 4. The van der Waals surface area contributed by atoms with Crippen molar-refractivity contribution in [3.63, 3.8) is 0 Å². The van der Waals surface area contributed by atoms with Crippen LogP contribution in [-0.2, 0) is 65.4 Å². The van der Waals surface area contributed by atoms with Crippen LogP contribution >= 0.6 is 15.6 Å². The second-order valence-corrected chi connectivity index (χ2v) is 27.8. The van der Waals surface area contributed by atoms with Gasteiger partial charge < -0.3 is 33.8 Å². The molecular weight excluding hydrogens is 1110 g/mol. The van der Waals surface area contributed by atoms with Gasteiger partial charge in [-0.25, -0.2) is 9.13 Å². The third-order valence-corrected chi connectivity index (χ3v) is 17.4. The standard InChI is InChI=1S/C65H126O17P2/c1-9-57(7)43-35-27-19-13-11-12-14-20-31-39-47-64(69)81-60(51-75-62(67)45-37-29-21-15-17-25-33-41-55(3)4)53-79-83(71,72)77-49-59(66)50-78-84(73,74)80-54-61(82-65(70)48-40-32-24-23-28-36-44-58(8)10-2)52-76-63(68)46-38-30-22-16-18-26-34-42-56(5)6/h55-61,66H,9-54H2,1-8H3,(H,71,72)(H,73,74)/t57?,58?,59?,60-,61-/m1/s1. The van der Waals surface area contributed by atoms with Crippen molar-refractivity contribution in [3.05, 3.63) is 0 Å². The molecule has 84 heavy (non-hydrogen) atoms. The van der Waals surface area contributed by atoms with Gasteiger partial charge in [-0.05, 0) is 49.4 Å². The number of rotatable bonds is 62. The van der Waals surface area contributed by atoms with Crippen LogP contribution in [0.15, 0.2) is 0 Å². The molecule has 0 spiro atoms. The molecule has 7 atom stereocenters. The van der Waals surface area contributed by atoms with E-state index in [-0.39, 0.29) is 25.7 Å². The quantitative estimate of drug-likeness (QED) is 0.0222. The number of unbranched alkanes of at least 4 members (excludes halogenated alkanes) is 26. The van der Waals surface area contributed by atoms with Crippen molar-refractivity contribution in [1.82, 2.24) is 0 Å². The largest absolute Gasteiger partial charge is 0.472 e. The molecule has 0 heterocycles. The van der Waals surface area contributed by atoms with Crippen molar-refractivity contribution < 1.29 is 80.2 Å². The number of phosphoric acid groups is 2. The molecule has 0 amide bonds. The van der Waals surface area contributed by atoms with Gasteiger partial charge in [-0.3, -0.25) is 37.3 Å². The molecule has 17 nitrogen and oxygen atoms in total. The van der Waals surface area contributed by atoms with E-state index >= 15 is 0 Å². The summed E-state index contributed by atoms with van der Waals surface area (Å²) in [7, 11) is -9.89. The molecule has 19 heteroatoms. The zero-order valence-electron chi connectivity index (χ0n) is 54.5. The highest BCUT2D eigenvalue weighted by Gasteiger charge is 2.30. The van der Waals surface area contributed by atoms with Crippen molar-refractivity contribution in [1.29, 1.82) is 0 Å². The van der Waals surface area contributed by atoms with E-state index in [4.69, 9.17) is 37.0 Å². The number of aliphatic hydroxyl groups is 1. The summed E-state index contributed by atoms with van der Waals surface area (Å²) in [6, 6.07) is 0. The molecule has 0 saturated carbocycles. The fraction of sp³-hybridized carbons (Fsp3) is 0.938. The molecule has 0 aliphatic rings. The van der Waals surface area contributed by atoms with Crippen LogP contribution in [0.3, 0.4) is 0 Å². The van der Waals surface area contributed by atoms with Gasteiger partial charge in [0.15, 0.2) is 12.2 Å². The van der Waals surface area contributed by atoms with E-state index in [0.29, 0.717) is 37.5 Å². The van der Waals surface area contributed by atoms with Gasteiger partial charge in [0.1, 0.15) is 19.3 Å². The molecule has 3 N–H and O–H groups in total. The second kappa shape index (κ2) is 55.2. The number of hydrogen-bond donors (Lipinski definition) is 3. The van der Waals surface area contributed by atoms with Crippen LogP contribution in [0.25, 0.3) is 0 Å². The van der Waals surface area contributed by atoms with Crippen molar-refractivity contribution >= 4 is 39.5 Å². The van der Waals surface area contributed by atoms with E-state index in [1.54, 1.807) is 0 Å². The van der Waals surface area contributed by atoms with Gasteiger partial charge in [-0.1, -0.05) is 261 Å². The lowest BCUT2D eigenvalue weighted by molar-refractivity contribution is -0.161. The Morgan fingerprint density at radius 2 is 0.571 bits per heavy atom. The number of esters is 4. The first-order valence-corrected chi connectivity index (χ1v) is 36.8. The Morgan fingerprint density at radius 3 is 0.845 bits per heavy atom. The van der Waals surface area contributed by atoms with Crippen molar-refractivity contribution in [2.75, 3.05) is 39.6 Å². The fourth-order valence-corrected chi connectivity index (χ4v) is 11.1. The maximum absolute atomic E-state index is 13.0. The Balaban J connectivity index is 5.26. The molecule has 0 bridgehead atoms. The van der Waals surface area contributed by atoms with E-state index < -0.39 is 97.5 Å². The summed E-state index contributed by atoms with van der Waals surface area (Å²) in [5, 5.41) is 10.5. The minimum Gasteiger partial charge on any atom is -0.462 e. The van der Waals surface area contributed by atoms with Crippen LogP contribution in [0.2, 0.25) is 0 Å². The maximum atomic E-state index is 13.0. The number of carbonyl (C=O) groups is 4. The molecule has 0 aliphatic carbocycles. The minimum atomic E-state index is -4.95. The third kappa shape index (κ3) is 56.6. The molecule has 0 aromatic carbocycles. The first-order valence-electron chi connectivity index (χ1n) is 33.8. The highest BCUT2D eigenvalue weighted by Crippen LogP contribution is 2.45. The lowest BCUT2D eigenvalue weighted by Gasteiger charge is -2.21. The van der Waals surface area contributed by atoms with Gasteiger partial charge in [-0.15, -0.1) is 0 Å². The molecule has 0 rings (SSSR count). The number of hydrogen-bond acceptors (Lipinski definition) is 15. The molecule has 0 aromatic rings. The molecule has 5 unspecified atom stereocenters. The zero-order valence-corrected chi connectivity index (χ0v) is 56.3. The van der Waals surface area contributed by atoms with Crippen LogP contribution in [0.4, 0.5) is 0 Å². The Hall–Kier alpha value is -1.94. The number of ether oxygens (including phenoxy) is 4. The molecule has 0 aliphatic heterocycles. The molecule has 0 fully saturated rings. The van der Waals surface area contributed by atoms with Crippen LogP contribution in [0.1, 0.15) is 312 Å². The predicted molar refractivity (Wildman–Crippen MR) is 335 cm³/mol. The Labute approximate surface area is 511 Å². The summed E-state index contributed by atoms with van der Waals surface area (Å²) in [5.74, 6) is 0.792. The zero-order chi connectivity index (χ0) is 62.5. The highest BCUT2D eigenvalue weighted by atomic mass is 31.2. The first-order chi connectivity index (χ1) is 40.2. The summed E-state index contributed by atoms with van der Waals surface area (Å²) >= 11 is 0. The normalized spacial score (nSPS) is 15.1. The highest BCUT2D eigenvalue weighted by molar-refractivity contribution is 7.47. The topological polar surface area (TPSA) is 237 Å². The van der Waals surface area contributed by atoms with E-state index in [2.05, 4.69) is 55.4 Å². The SMILES string of the molecule is CCC(C)CCCCCCCCCCCCC(=O)O[C@H](COC(=O)CCCCCCCCCC(C)C)COP(=O)(O)OCC(O)COP(=O)(O)OC[C@@H](COC(=O)CCCCCCCCCC(C)C)OC(=O)CCCCCCCCC(C)CC. The monoisotopic (exact) mass is 1240 g/mol. The summed E-state index contributed by atoms with van der Waals surface area (Å²) in [4.78, 5) is 72.2. The smallest absolute Gasteiger partial charge is 0.462 e. The van der Waals surface area contributed by atoms with E-state index in [1.165, 1.54) is 103 Å². The summed E-state index contributed by atoms with van der Waals surface area (Å²) < 4.78 is 68.0. The second-order valence-electron chi connectivity index (χ2n) is 24.9. The fourth-order valence-electron chi connectivity index (χ4n) is 9.54. The van der Waals surface area contributed by atoms with Crippen LogP contribution in [0, 0.1) is 23.7 Å². The van der Waals surface area contributed by atoms with Gasteiger partial charge in [0.05, 0.1) is 26.4 Å². The number of phosphoric ester groups is 2. The Morgan fingerprint density at radius 1 is 0.333 bits per heavy atom. The van der Waals surface area contributed by atoms with Crippen LogP contribution in [-0.4, -0.2) is 96.7 Å². The Kier molecular flexibility index (Phi) is 53.9. The lowest BCUT2D eigenvalue weighted by Crippen LogP contribution is -2.30. The summed E-state index contributed by atoms with van der Waals surface area (Å²) in [6.45, 7) is 14.0. The third-order valence-electron chi connectivity index (χ3n) is 15.5. The number of aliphatic hydroxyl groups excluding tert-OH is 1. The Bertz CT molecular complexity index is 1680. The van der Waals surface area contributed by atoms with Crippen molar-refractivity contribution in [3.8, 4) is 0 Å². The van der Waals surface area contributed by atoms with E-state index in [1.807, 2.05) is 0 Å². The summed E-state index contributed by atoms with van der Waals surface area (Å²) in [5.41, 5.74) is 0.